The maximum absolute atomic E-state index is 13.0. The number of amides is 1. The average Bonchev–Trinajstić information content (AvgIpc) is 3.06. The predicted molar refractivity (Wildman–Crippen MR) is 109 cm³/mol. The molecule has 0 atom stereocenters. The van der Waals surface area contributed by atoms with E-state index in [2.05, 4.69) is 0 Å². The first-order valence-electron chi connectivity index (χ1n) is 9.21. The third-order valence-corrected chi connectivity index (χ3v) is 5.00. The number of hydrogen-bond donors (Lipinski definition) is 0. The lowest BCUT2D eigenvalue weighted by Crippen LogP contribution is -2.36. The maximum Gasteiger partial charge on any atom is 0.406 e. The largest absolute Gasteiger partial charge is 0.406 e. The van der Waals surface area contributed by atoms with Crippen LogP contribution in [0.4, 0.5) is 13.2 Å². The number of hydrogen-bond acceptors (Lipinski definition) is 2. The van der Waals surface area contributed by atoms with Gasteiger partial charge in [0.2, 0.25) is 0 Å². The standard InChI is InChI=1S/C23H17F3N2O2/c1-27(14-23(24,25)26)22(30)21-15(13-29)7-6-12-20(21)28-18-10-4-2-8-16(18)17-9-3-5-11-19(17)28/h2-13H,14H2,1H3. The van der Waals surface area contributed by atoms with Crippen molar-refractivity contribution >= 4 is 34.0 Å². The van der Waals surface area contributed by atoms with Crippen LogP contribution < -0.4 is 0 Å². The summed E-state index contributed by atoms with van der Waals surface area (Å²) in [5.74, 6) is -0.869. The summed E-state index contributed by atoms with van der Waals surface area (Å²) in [4.78, 5) is 25.3. The molecule has 1 amide bonds. The Labute approximate surface area is 170 Å². The van der Waals surface area contributed by atoms with E-state index in [4.69, 9.17) is 0 Å². The van der Waals surface area contributed by atoms with Gasteiger partial charge in [0.1, 0.15) is 6.54 Å². The van der Waals surface area contributed by atoms with E-state index < -0.39 is 18.6 Å². The van der Waals surface area contributed by atoms with Gasteiger partial charge in [0.15, 0.2) is 6.29 Å². The van der Waals surface area contributed by atoms with Crippen LogP contribution in [0.3, 0.4) is 0 Å². The number of fused-ring (bicyclic) bond motifs is 3. The molecule has 4 rings (SSSR count). The Kier molecular flexibility index (Phi) is 4.81. The van der Waals surface area contributed by atoms with Crippen molar-refractivity contribution in [1.82, 2.24) is 9.47 Å². The van der Waals surface area contributed by atoms with E-state index in [-0.39, 0.29) is 11.1 Å². The molecule has 0 spiro atoms. The van der Waals surface area contributed by atoms with E-state index in [1.807, 2.05) is 53.1 Å². The fourth-order valence-corrected chi connectivity index (χ4v) is 3.79. The molecule has 3 aromatic carbocycles. The van der Waals surface area contributed by atoms with Gasteiger partial charge in [0.25, 0.3) is 5.91 Å². The van der Waals surface area contributed by atoms with Gasteiger partial charge in [-0.2, -0.15) is 13.2 Å². The van der Waals surface area contributed by atoms with Gasteiger partial charge in [-0.25, -0.2) is 0 Å². The molecule has 4 aromatic rings. The SMILES string of the molecule is CN(CC(F)(F)F)C(=O)c1c(C=O)cccc1-n1c2ccccc2c2ccccc21. The monoisotopic (exact) mass is 410 g/mol. The minimum absolute atomic E-state index is 0.0355. The van der Waals surface area contributed by atoms with Crippen LogP contribution in [0.15, 0.2) is 66.7 Å². The number of rotatable bonds is 4. The summed E-state index contributed by atoms with van der Waals surface area (Å²) < 4.78 is 40.5. The van der Waals surface area contributed by atoms with E-state index in [1.54, 1.807) is 12.1 Å². The topological polar surface area (TPSA) is 42.3 Å². The molecule has 0 fully saturated rings. The number of benzene rings is 3. The summed E-state index contributed by atoms with van der Waals surface area (Å²) in [6.45, 7) is -1.41. The van der Waals surface area contributed by atoms with Gasteiger partial charge in [0, 0.05) is 23.4 Å². The van der Waals surface area contributed by atoms with Crippen molar-refractivity contribution in [2.45, 2.75) is 6.18 Å². The molecule has 0 N–H and O–H groups in total. The molecule has 1 heterocycles. The number of carbonyl (C=O) groups excluding carboxylic acids is 2. The highest BCUT2D eigenvalue weighted by Gasteiger charge is 2.33. The molecule has 30 heavy (non-hydrogen) atoms. The van der Waals surface area contributed by atoms with E-state index in [1.165, 1.54) is 6.07 Å². The summed E-state index contributed by atoms with van der Waals surface area (Å²) in [6, 6.07) is 19.8. The Morgan fingerprint density at radius 3 is 2.03 bits per heavy atom. The smallest absolute Gasteiger partial charge is 0.333 e. The highest BCUT2D eigenvalue weighted by molar-refractivity contribution is 6.11. The Balaban J connectivity index is 2.02. The molecule has 0 unspecified atom stereocenters. The molecule has 0 aliphatic carbocycles. The van der Waals surface area contributed by atoms with Crippen LogP contribution in [0.1, 0.15) is 20.7 Å². The first-order valence-corrected chi connectivity index (χ1v) is 9.21. The highest BCUT2D eigenvalue weighted by Crippen LogP contribution is 2.34. The lowest BCUT2D eigenvalue weighted by Gasteiger charge is -2.22. The fourth-order valence-electron chi connectivity index (χ4n) is 3.79. The third kappa shape index (κ3) is 3.32. The third-order valence-electron chi connectivity index (χ3n) is 5.00. The van der Waals surface area contributed by atoms with Crippen molar-refractivity contribution in [3.63, 3.8) is 0 Å². The molecule has 4 nitrogen and oxygen atoms in total. The van der Waals surface area contributed by atoms with Gasteiger partial charge in [-0.1, -0.05) is 48.5 Å². The fraction of sp³-hybridized carbons (Fsp3) is 0.130. The second kappa shape index (κ2) is 7.33. The summed E-state index contributed by atoms with van der Waals surface area (Å²) in [5, 5.41) is 1.87. The first kappa shape index (κ1) is 19.7. The minimum atomic E-state index is -4.55. The van der Waals surface area contributed by atoms with E-state index in [0.29, 0.717) is 16.9 Å². The molecule has 0 bridgehead atoms. The van der Waals surface area contributed by atoms with Crippen molar-refractivity contribution < 1.29 is 22.8 Å². The normalized spacial score (nSPS) is 11.7. The second-order valence-electron chi connectivity index (χ2n) is 7.01. The van der Waals surface area contributed by atoms with Crippen molar-refractivity contribution in [3.05, 3.63) is 77.9 Å². The molecule has 0 aliphatic rings. The number of aldehydes is 1. The molecule has 0 radical (unpaired) electrons. The molecule has 1 aromatic heterocycles. The predicted octanol–water partition coefficient (Wildman–Crippen LogP) is 5.23. The zero-order valence-electron chi connectivity index (χ0n) is 16.0. The van der Waals surface area contributed by atoms with Gasteiger partial charge in [-0.15, -0.1) is 0 Å². The van der Waals surface area contributed by atoms with Gasteiger partial charge in [0.05, 0.1) is 22.3 Å². The van der Waals surface area contributed by atoms with Gasteiger partial charge < -0.3 is 9.47 Å². The molecular weight excluding hydrogens is 393 g/mol. The molecule has 152 valence electrons. The van der Waals surface area contributed by atoms with Crippen LogP contribution in [0, 0.1) is 0 Å². The average molecular weight is 410 g/mol. The minimum Gasteiger partial charge on any atom is -0.333 e. The lowest BCUT2D eigenvalue weighted by molar-refractivity contribution is -0.138. The van der Waals surface area contributed by atoms with Crippen LogP contribution in [0.5, 0.6) is 0 Å². The van der Waals surface area contributed by atoms with Crippen LogP contribution in [0.2, 0.25) is 0 Å². The van der Waals surface area contributed by atoms with Crippen LogP contribution >= 0.6 is 0 Å². The molecule has 0 saturated carbocycles. The highest BCUT2D eigenvalue weighted by atomic mass is 19.4. The Hall–Kier alpha value is -3.61. The number of halogens is 3. The summed E-state index contributed by atoms with van der Waals surface area (Å²) >= 11 is 0. The number of nitrogens with zero attached hydrogens (tertiary/aromatic N) is 2. The second-order valence-corrected chi connectivity index (χ2v) is 7.01. The summed E-state index contributed by atoms with van der Waals surface area (Å²) in [7, 11) is 1.08. The number of aromatic nitrogens is 1. The van der Waals surface area contributed by atoms with Crippen LogP contribution in [0.25, 0.3) is 27.5 Å². The Morgan fingerprint density at radius 1 is 0.933 bits per heavy atom. The van der Waals surface area contributed by atoms with Crippen molar-refractivity contribution in [3.8, 4) is 5.69 Å². The number of carbonyl (C=O) groups is 2. The van der Waals surface area contributed by atoms with Crippen LogP contribution in [-0.2, 0) is 0 Å². The van der Waals surface area contributed by atoms with Crippen molar-refractivity contribution in [2.75, 3.05) is 13.6 Å². The zero-order valence-corrected chi connectivity index (χ0v) is 16.0. The zero-order chi connectivity index (χ0) is 21.5. The van der Waals surface area contributed by atoms with E-state index in [0.717, 1.165) is 28.9 Å². The van der Waals surface area contributed by atoms with Crippen LogP contribution in [-0.4, -0.2) is 41.4 Å². The number of alkyl halides is 3. The van der Waals surface area contributed by atoms with Gasteiger partial charge in [-0.05, 0) is 18.2 Å². The van der Waals surface area contributed by atoms with Crippen molar-refractivity contribution in [2.24, 2.45) is 0 Å². The maximum atomic E-state index is 13.0. The van der Waals surface area contributed by atoms with E-state index in [9.17, 15) is 22.8 Å². The summed E-state index contributed by atoms with van der Waals surface area (Å²) in [5.41, 5.74) is 1.90. The quantitative estimate of drug-likeness (QED) is 0.433. The molecule has 7 heteroatoms. The Bertz CT molecular complexity index is 1220. The van der Waals surface area contributed by atoms with Gasteiger partial charge >= 0.3 is 6.18 Å². The molecular formula is C23H17F3N2O2. The first-order chi connectivity index (χ1) is 14.3. The Morgan fingerprint density at radius 2 is 1.50 bits per heavy atom. The van der Waals surface area contributed by atoms with Gasteiger partial charge in [-0.3, -0.25) is 9.59 Å². The van der Waals surface area contributed by atoms with E-state index >= 15 is 0 Å². The molecule has 0 saturated heterocycles. The molecule has 0 aliphatic heterocycles. The number of para-hydroxylation sites is 2. The van der Waals surface area contributed by atoms with Crippen molar-refractivity contribution in [1.29, 1.82) is 0 Å². The lowest BCUT2D eigenvalue weighted by atomic mass is 10.0. The summed E-state index contributed by atoms with van der Waals surface area (Å²) in [6.07, 6.45) is -4.06.